The van der Waals surface area contributed by atoms with Crippen LogP contribution in [0.1, 0.15) is 11.7 Å². The average Bonchev–Trinajstić information content (AvgIpc) is 2.93. The number of nitrogens with one attached hydrogen (secondary N) is 1. The summed E-state index contributed by atoms with van der Waals surface area (Å²) in [7, 11) is 0. The van der Waals surface area contributed by atoms with Crippen LogP contribution >= 0.6 is 11.6 Å². The molecule has 3 rings (SSSR count). The topological polar surface area (TPSA) is 88.2 Å². The maximum Gasteiger partial charge on any atom is 0.200 e. The van der Waals surface area contributed by atoms with Gasteiger partial charge in [0.05, 0.1) is 6.10 Å². The molecule has 0 amide bonds. The number of halogens is 1. The Morgan fingerprint density at radius 1 is 1.20 bits per heavy atom. The molecule has 0 saturated carbocycles. The largest absolute Gasteiger partial charge is 0.387 e. The zero-order valence-corrected chi connectivity index (χ0v) is 11.1. The molecule has 1 unspecified atom stereocenters. The van der Waals surface area contributed by atoms with Crippen molar-refractivity contribution in [2.24, 2.45) is 0 Å². The summed E-state index contributed by atoms with van der Waals surface area (Å²) in [6.45, 7) is 0.322. The number of rotatable bonds is 4. The molecular weight excluding hydrogens is 280 g/mol. The monoisotopic (exact) mass is 290 g/mol. The van der Waals surface area contributed by atoms with Crippen LogP contribution in [0.15, 0.2) is 36.4 Å². The van der Waals surface area contributed by atoms with Crippen molar-refractivity contribution in [1.29, 1.82) is 0 Å². The fourth-order valence-corrected chi connectivity index (χ4v) is 1.87. The zero-order valence-electron chi connectivity index (χ0n) is 10.3. The summed E-state index contributed by atoms with van der Waals surface area (Å²) >= 11 is 5.81. The molecule has 102 valence electrons. The molecule has 2 N–H and O–H groups in total. The number of aromatic nitrogens is 5. The lowest BCUT2D eigenvalue weighted by Crippen LogP contribution is -2.13. The van der Waals surface area contributed by atoms with Gasteiger partial charge in [-0.15, -0.1) is 14.8 Å². The second-order valence-corrected chi connectivity index (χ2v) is 4.63. The molecule has 1 atom stereocenters. The van der Waals surface area contributed by atoms with Crippen molar-refractivity contribution in [3.63, 3.8) is 0 Å². The molecule has 0 spiro atoms. The summed E-state index contributed by atoms with van der Waals surface area (Å²) in [5, 5.41) is 28.9. The molecule has 0 bridgehead atoms. The summed E-state index contributed by atoms with van der Waals surface area (Å²) in [6, 6.07) is 10.5. The summed E-state index contributed by atoms with van der Waals surface area (Å²) in [4.78, 5) is 0. The van der Waals surface area contributed by atoms with Crippen molar-refractivity contribution in [1.82, 2.24) is 25.3 Å². The minimum Gasteiger partial charge on any atom is -0.387 e. The predicted octanol–water partition coefficient (Wildman–Crippen LogP) is 1.32. The number of aliphatic hydroxyl groups excluding tert-OH is 1. The van der Waals surface area contributed by atoms with Crippen LogP contribution in [-0.4, -0.2) is 36.9 Å². The standard InChI is InChI=1S/C12H11ClN6O/c13-9-3-1-8(2-4-9)10(20)7-14-11-5-6-12-15-17-18-19(12)16-11/h1-6,10,20H,7H2,(H,14,16). The first-order valence-electron chi connectivity index (χ1n) is 5.95. The lowest BCUT2D eigenvalue weighted by molar-refractivity contribution is 0.191. The fraction of sp³-hybridized carbons (Fsp3) is 0.167. The normalized spacial score (nSPS) is 12.5. The molecule has 0 aliphatic rings. The fourth-order valence-electron chi connectivity index (χ4n) is 1.75. The van der Waals surface area contributed by atoms with Gasteiger partial charge in [-0.25, -0.2) is 0 Å². The average molecular weight is 291 g/mol. The molecule has 0 aliphatic heterocycles. The van der Waals surface area contributed by atoms with Crippen LogP contribution in [0.2, 0.25) is 5.02 Å². The van der Waals surface area contributed by atoms with Gasteiger partial charge >= 0.3 is 0 Å². The second kappa shape index (κ2) is 5.40. The molecule has 2 heterocycles. The summed E-state index contributed by atoms with van der Waals surface area (Å²) < 4.78 is 1.32. The van der Waals surface area contributed by atoms with E-state index in [1.165, 1.54) is 4.63 Å². The maximum atomic E-state index is 10.1. The first-order chi connectivity index (χ1) is 9.72. The smallest absolute Gasteiger partial charge is 0.200 e. The molecule has 8 heteroatoms. The van der Waals surface area contributed by atoms with Gasteiger partial charge in [0.1, 0.15) is 5.82 Å². The number of nitrogens with zero attached hydrogens (tertiary/aromatic N) is 5. The summed E-state index contributed by atoms with van der Waals surface area (Å²) in [6.07, 6.45) is -0.654. The van der Waals surface area contributed by atoms with Crippen molar-refractivity contribution in [2.75, 3.05) is 11.9 Å². The van der Waals surface area contributed by atoms with Crippen LogP contribution in [0.4, 0.5) is 5.82 Å². The van der Waals surface area contributed by atoms with Gasteiger partial charge < -0.3 is 10.4 Å². The van der Waals surface area contributed by atoms with Gasteiger partial charge in [-0.2, -0.15) is 0 Å². The van der Waals surface area contributed by atoms with E-state index in [1.807, 2.05) is 0 Å². The molecule has 2 aromatic heterocycles. The highest BCUT2D eigenvalue weighted by atomic mass is 35.5. The highest BCUT2D eigenvalue weighted by Gasteiger charge is 2.08. The van der Waals surface area contributed by atoms with E-state index >= 15 is 0 Å². The van der Waals surface area contributed by atoms with Crippen LogP contribution < -0.4 is 5.32 Å². The van der Waals surface area contributed by atoms with E-state index in [9.17, 15) is 5.11 Å². The van der Waals surface area contributed by atoms with Crippen molar-refractivity contribution in [3.8, 4) is 0 Å². The van der Waals surface area contributed by atoms with E-state index in [2.05, 4.69) is 25.9 Å². The number of hydrogen-bond donors (Lipinski definition) is 2. The molecule has 0 fully saturated rings. The minimum atomic E-state index is -0.654. The van der Waals surface area contributed by atoms with E-state index in [0.29, 0.717) is 23.0 Å². The van der Waals surface area contributed by atoms with Crippen LogP contribution in [0.25, 0.3) is 5.65 Å². The number of fused-ring (bicyclic) bond motifs is 1. The van der Waals surface area contributed by atoms with Crippen molar-refractivity contribution >= 4 is 23.1 Å². The molecule has 1 aromatic carbocycles. The molecule has 0 radical (unpaired) electrons. The number of tetrazole rings is 1. The number of hydrogen-bond acceptors (Lipinski definition) is 6. The van der Waals surface area contributed by atoms with E-state index in [-0.39, 0.29) is 0 Å². The Balaban J connectivity index is 1.67. The van der Waals surface area contributed by atoms with Crippen LogP contribution in [0.5, 0.6) is 0 Å². The molecule has 7 nitrogen and oxygen atoms in total. The van der Waals surface area contributed by atoms with Gasteiger partial charge in [-0.3, -0.25) is 0 Å². The molecule has 0 aliphatic carbocycles. The Morgan fingerprint density at radius 3 is 2.80 bits per heavy atom. The van der Waals surface area contributed by atoms with Crippen LogP contribution in [0, 0.1) is 0 Å². The van der Waals surface area contributed by atoms with Gasteiger partial charge in [0.25, 0.3) is 0 Å². The number of aliphatic hydroxyl groups is 1. The SMILES string of the molecule is OC(CNc1ccc2nnnn2n1)c1ccc(Cl)cc1. The Hall–Kier alpha value is -2.25. The van der Waals surface area contributed by atoms with Gasteiger partial charge in [0.15, 0.2) is 5.65 Å². The third kappa shape index (κ3) is 2.68. The first kappa shape index (κ1) is 12.8. The van der Waals surface area contributed by atoms with Gasteiger partial charge in [-0.1, -0.05) is 23.7 Å². The minimum absolute atomic E-state index is 0.322. The Morgan fingerprint density at radius 2 is 2.00 bits per heavy atom. The third-order valence-corrected chi connectivity index (χ3v) is 3.05. The maximum absolute atomic E-state index is 10.1. The van der Waals surface area contributed by atoms with Gasteiger partial charge in [0.2, 0.25) is 0 Å². The number of benzene rings is 1. The highest BCUT2D eigenvalue weighted by Crippen LogP contribution is 2.16. The lowest BCUT2D eigenvalue weighted by Gasteiger charge is -2.12. The van der Waals surface area contributed by atoms with E-state index in [1.54, 1.807) is 36.4 Å². The summed E-state index contributed by atoms with van der Waals surface area (Å²) in [5.41, 5.74) is 1.35. The highest BCUT2D eigenvalue weighted by molar-refractivity contribution is 6.30. The van der Waals surface area contributed by atoms with Gasteiger partial charge in [-0.05, 0) is 40.3 Å². The number of anilines is 1. The third-order valence-electron chi connectivity index (χ3n) is 2.80. The van der Waals surface area contributed by atoms with Crippen molar-refractivity contribution in [3.05, 3.63) is 47.0 Å². The van der Waals surface area contributed by atoms with Crippen LogP contribution in [-0.2, 0) is 0 Å². The Bertz CT molecular complexity index is 713. The Labute approximate surface area is 119 Å². The van der Waals surface area contributed by atoms with Crippen LogP contribution in [0.3, 0.4) is 0 Å². The molecule has 0 saturated heterocycles. The molecule has 3 aromatic rings. The quantitative estimate of drug-likeness (QED) is 0.753. The second-order valence-electron chi connectivity index (χ2n) is 4.19. The van der Waals surface area contributed by atoms with E-state index < -0.39 is 6.10 Å². The molecular formula is C12H11ClN6O. The van der Waals surface area contributed by atoms with E-state index in [4.69, 9.17) is 11.6 Å². The zero-order chi connectivity index (χ0) is 13.9. The first-order valence-corrected chi connectivity index (χ1v) is 6.33. The Kier molecular flexibility index (Phi) is 3.44. The van der Waals surface area contributed by atoms with Gasteiger partial charge in [0, 0.05) is 11.6 Å². The lowest BCUT2D eigenvalue weighted by atomic mass is 10.1. The van der Waals surface area contributed by atoms with Crippen molar-refractivity contribution in [2.45, 2.75) is 6.10 Å². The summed E-state index contributed by atoms with van der Waals surface area (Å²) in [5.74, 6) is 0.581. The van der Waals surface area contributed by atoms with Crippen molar-refractivity contribution < 1.29 is 5.11 Å². The predicted molar refractivity (Wildman–Crippen MR) is 73.5 cm³/mol. The molecule has 20 heavy (non-hydrogen) atoms. The van der Waals surface area contributed by atoms with E-state index in [0.717, 1.165) is 5.56 Å².